The van der Waals surface area contributed by atoms with Crippen LogP contribution in [0.4, 0.5) is 0 Å². The summed E-state index contributed by atoms with van der Waals surface area (Å²) in [6.07, 6.45) is 4.93. The maximum Gasteiger partial charge on any atom is 0.0686 e. The topological polar surface area (TPSA) is 18.5 Å². The van der Waals surface area contributed by atoms with Crippen LogP contribution in [0.3, 0.4) is 0 Å². The van der Waals surface area contributed by atoms with Crippen LogP contribution in [0.2, 0.25) is 0 Å². The summed E-state index contributed by atoms with van der Waals surface area (Å²) in [6.45, 7) is 11.0. The fourth-order valence-electron chi connectivity index (χ4n) is 5.75. The first-order chi connectivity index (χ1) is 14.6. The highest BCUT2D eigenvalue weighted by Crippen LogP contribution is 2.41. The Kier molecular flexibility index (Phi) is 6.95. The number of hydrogen-bond donors (Lipinski definition) is 0. The number of fused-ring (bicyclic) bond motifs is 2. The van der Waals surface area contributed by atoms with Crippen molar-refractivity contribution in [3.05, 3.63) is 70.8 Å². The first-order valence-corrected chi connectivity index (χ1v) is 11.9. The molecular weight excluding hydrogens is 368 g/mol. The largest absolute Gasteiger partial charge is 0.377 e. The van der Waals surface area contributed by atoms with E-state index in [4.69, 9.17) is 9.47 Å². The number of hydrogen-bond acceptors (Lipinski definition) is 2. The van der Waals surface area contributed by atoms with E-state index >= 15 is 0 Å². The second-order valence-corrected chi connectivity index (χ2v) is 9.87. The van der Waals surface area contributed by atoms with Crippen LogP contribution < -0.4 is 0 Å². The highest BCUT2D eigenvalue weighted by molar-refractivity contribution is 5.38. The number of unbranched alkanes of at least 4 members (excludes halogenated alkanes) is 1. The Morgan fingerprint density at radius 2 is 1.07 bits per heavy atom. The van der Waals surface area contributed by atoms with E-state index in [2.05, 4.69) is 76.2 Å². The molecule has 2 nitrogen and oxygen atoms in total. The minimum atomic E-state index is 0.331. The lowest BCUT2D eigenvalue weighted by atomic mass is 9.88. The Morgan fingerprint density at radius 1 is 0.667 bits per heavy atom. The molecule has 162 valence electrons. The summed E-state index contributed by atoms with van der Waals surface area (Å²) >= 11 is 0. The van der Waals surface area contributed by atoms with Gasteiger partial charge < -0.3 is 9.47 Å². The fourth-order valence-corrected chi connectivity index (χ4v) is 5.75. The molecule has 0 unspecified atom stereocenters. The standard InChI is InChI=1S/C28H38O2/c1-19(2)27-23-13-7-5-11-21(23)17-25(27)29-15-9-10-16-30-26-18-22-12-6-8-14-24(22)28(26)20(3)4/h5-8,11-14,19-20,25-28H,9-10,15-18H2,1-4H3/t25-,26-,27-,28-/m0/s1. The van der Waals surface area contributed by atoms with Crippen molar-refractivity contribution in [1.82, 2.24) is 0 Å². The summed E-state index contributed by atoms with van der Waals surface area (Å²) in [6, 6.07) is 17.8. The van der Waals surface area contributed by atoms with E-state index < -0.39 is 0 Å². The van der Waals surface area contributed by atoms with Gasteiger partial charge in [0.1, 0.15) is 0 Å². The van der Waals surface area contributed by atoms with E-state index in [1.807, 2.05) is 0 Å². The van der Waals surface area contributed by atoms with Gasteiger partial charge in [-0.15, -0.1) is 0 Å². The molecule has 2 heteroatoms. The molecule has 0 saturated carbocycles. The maximum atomic E-state index is 6.39. The molecule has 2 aromatic rings. The molecule has 0 aliphatic heterocycles. The second-order valence-electron chi connectivity index (χ2n) is 9.87. The highest BCUT2D eigenvalue weighted by Gasteiger charge is 2.36. The molecule has 2 aliphatic carbocycles. The fraction of sp³-hybridized carbons (Fsp3) is 0.571. The molecule has 0 N–H and O–H groups in total. The normalized spacial score (nSPS) is 25.1. The predicted octanol–water partition coefficient (Wildman–Crippen LogP) is 6.53. The van der Waals surface area contributed by atoms with Crippen molar-refractivity contribution >= 4 is 0 Å². The maximum absolute atomic E-state index is 6.39. The molecule has 0 saturated heterocycles. The van der Waals surface area contributed by atoms with Crippen molar-refractivity contribution in [3.63, 3.8) is 0 Å². The minimum Gasteiger partial charge on any atom is -0.377 e. The van der Waals surface area contributed by atoms with Crippen LogP contribution in [0, 0.1) is 11.8 Å². The van der Waals surface area contributed by atoms with Gasteiger partial charge in [0.05, 0.1) is 12.2 Å². The van der Waals surface area contributed by atoms with Crippen LogP contribution in [0.5, 0.6) is 0 Å². The molecular formula is C28H38O2. The summed E-state index contributed by atoms with van der Waals surface area (Å²) in [5.74, 6) is 2.28. The molecule has 4 rings (SSSR count). The van der Waals surface area contributed by atoms with Crippen molar-refractivity contribution in [1.29, 1.82) is 0 Å². The second kappa shape index (κ2) is 9.66. The van der Waals surface area contributed by atoms with Crippen molar-refractivity contribution in [2.24, 2.45) is 11.8 Å². The van der Waals surface area contributed by atoms with Crippen LogP contribution in [-0.2, 0) is 22.3 Å². The summed E-state index contributed by atoms with van der Waals surface area (Å²) in [4.78, 5) is 0. The molecule has 0 radical (unpaired) electrons. The van der Waals surface area contributed by atoms with Crippen molar-refractivity contribution in [3.8, 4) is 0 Å². The van der Waals surface area contributed by atoms with Gasteiger partial charge in [-0.3, -0.25) is 0 Å². The van der Waals surface area contributed by atoms with Gasteiger partial charge >= 0.3 is 0 Å². The Balaban J connectivity index is 1.21. The molecule has 0 bridgehead atoms. The van der Waals surface area contributed by atoms with Gasteiger partial charge in [-0.05, 0) is 59.8 Å². The average molecular weight is 407 g/mol. The van der Waals surface area contributed by atoms with Crippen LogP contribution in [-0.4, -0.2) is 25.4 Å². The van der Waals surface area contributed by atoms with Crippen LogP contribution >= 0.6 is 0 Å². The van der Waals surface area contributed by atoms with Crippen molar-refractivity contribution < 1.29 is 9.47 Å². The van der Waals surface area contributed by atoms with Crippen LogP contribution in [0.15, 0.2) is 48.5 Å². The molecule has 0 spiro atoms. The molecule has 0 amide bonds. The molecule has 2 aliphatic rings. The third-order valence-electron chi connectivity index (χ3n) is 7.11. The SMILES string of the molecule is CC(C)[C@H]1c2ccccc2C[C@@H]1OCCCCO[C@H]1Cc2ccccc2[C@@H]1C(C)C. The Morgan fingerprint density at radius 3 is 1.47 bits per heavy atom. The van der Waals surface area contributed by atoms with Gasteiger partial charge in [-0.25, -0.2) is 0 Å². The molecule has 30 heavy (non-hydrogen) atoms. The average Bonchev–Trinajstić information content (AvgIpc) is 3.28. The summed E-state index contributed by atoms with van der Waals surface area (Å²) in [5, 5.41) is 0. The highest BCUT2D eigenvalue weighted by atomic mass is 16.5. The van der Waals surface area contributed by atoms with Gasteiger partial charge in [-0.2, -0.15) is 0 Å². The molecule has 0 fully saturated rings. The minimum absolute atomic E-state index is 0.331. The van der Waals surface area contributed by atoms with E-state index in [9.17, 15) is 0 Å². The monoisotopic (exact) mass is 406 g/mol. The Bertz CT molecular complexity index is 755. The summed E-state index contributed by atoms with van der Waals surface area (Å²) in [7, 11) is 0. The first-order valence-electron chi connectivity index (χ1n) is 11.9. The summed E-state index contributed by atoms with van der Waals surface area (Å²) in [5.41, 5.74) is 5.96. The smallest absolute Gasteiger partial charge is 0.0686 e. The van der Waals surface area contributed by atoms with Crippen molar-refractivity contribution in [2.45, 2.75) is 77.4 Å². The number of ether oxygens (including phenoxy) is 2. The van der Waals surface area contributed by atoms with Crippen molar-refractivity contribution in [2.75, 3.05) is 13.2 Å². The molecule has 0 aromatic heterocycles. The third kappa shape index (κ3) is 4.50. The van der Waals surface area contributed by atoms with Gasteiger partial charge in [-0.1, -0.05) is 76.2 Å². The van der Waals surface area contributed by atoms with E-state index in [1.165, 1.54) is 22.3 Å². The van der Waals surface area contributed by atoms with E-state index in [0.717, 1.165) is 38.9 Å². The Labute approximate surface area is 183 Å². The Hall–Kier alpha value is -1.64. The quantitative estimate of drug-likeness (QED) is 0.441. The molecule has 4 atom stereocenters. The van der Waals surface area contributed by atoms with Gasteiger partial charge in [0.15, 0.2) is 0 Å². The van der Waals surface area contributed by atoms with E-state index in [0.29, 0.717) is 35.9 Å². The number of rotatable bonds is 9. The lowest BCUT2D eigenvalue weighted by Gasteiger charge is -2.25. The lowest BCUT2D eigenvalue weighted by molar-refractivity contribution is 0.0109. The van der Waals surface area contributed by atoms with Crippen LogP contribution in [0.1, 0.15) is 74.6 Å². The van der Waals surface area contributed by atoms with Gasteiger partial charge in [0.2, 0.25) is 0 Å². The zero-order chi connectivity index (χ0) is 21.1. The zero-order valence-corrected chi connectivity index (χ0v) is 19.1. The molecule has 2 aromatic carbocycles. The lowest BCUT2D eigenvalue weighted by Crippen LogP contribution is -2.24. The summed E-state index contributed by atoms with van der Waals surface area (Å²) < 4.78 is 12.8. The first kappa shape index (κ1) is 21.6. The van der Waals surface area contributed by atoms with E-state index in [-0.39, 0.29) is 0 Å². The third-order valence-corrected chi connectivity index (χ3v) is 7.11. The molecule has 0 heterocycles. The van der Waals surface area contributed by atoms with Crippen LogP contribution in [0.25, 0.3) is 0 Å². The van der Waals surface area contributed by atoms with E-state index in [1.54, 1.807) is 0 Å². The van der Waals surface area contributed by atoms with Gasteiger partial charge in [0.25, 0.3) is 0 Å². The van der Waals surface area contributed by atoms with Gasteiger partial charge in [0, 0.05) is 25.0 Å². The number of benzene rings is 2. The predicted molar refractivity (Wildman–Crippen MR) is 124 cm³/mol. The zero-order valence-electron chi connectivity index (χ0n) is 19.1.